The molecule has 2 unspecified atom stereocenters. The number of aliphatic carboxylic acids is 1. The molecule has 2 atom stereocenters. The fraction of sp³-hybridized carbons (Fsp3) is 0.500. The molecule has 2 fully saturated rings. The lowest BCUT2D eigenvalue weighted by molar-refractivity contribution is -0.157. The van der Waals surface area contributed by atoms with E-state index < -0.39 is 11.9 Å². The number of carbonyl (C=O) groups excluding carboxylic acids is 2. The summed E-state index contributed by atoms with van der Waals surface area (Å²) >= 11 is 0. The third-order valence-electron chi connectivity index (χ3n) is 5.09. The van der Waals surface area contributed by atoms with Crippen molar-refractivity contribution in [2.45, 2.75) is 19.8 Å². The molecule has 2 aliphatic rings. The van der Waals surface area contributed by atoms with Gasteiger partial charge in [-0.2, -0.15) is 0 Å². The lowest BCUT2D eigenvalue weighted by Gasteiger charge is -2.40. The van der Waals surface area contributed by atoms with E-state index in [4.69, 9.17) is 5.11 Å². The molecule has 3 rings (SSSR count). The number of rotatable bonds is 3. The van der Waals surface area contributed by atoms with Crippen molar-refractivity contribution in [3.05, 3.63) is 35.4 Å². The second-order valence-corrected chi connectivity index (χ2v) is 6.61. The summed E-state index contributed by atoms with van der Waals surface area (Å²) in [6.07, 6.45) is 1.23. The molecule has 24 heavy (non-hydrogen) atoms. The van der Waals surface area contributed by atoms with Crippen molar-refractivity contribution in [1.82, 2.24) is 9.80 Å². The van der Waals surface area contributed by atoms with E-state index in [2.05, 4.69) is 0 Å². The molecule has 1 heterocycles. The highest BCUT2D eigenvalue weighted by Crippen LogP contribution is 2.36. The molecule has 0 bridgehead atoms. The van der Waals surface area contributed by atoms with E-state index in [0.29, 0.717) is 44.6 Å². The molecule has 1 aromatic rings. The summed E-state index contributed by atoms with van der Waals surface area (Å²) in [7, 11) is 0. The average Bonchev–Trinajstić information content (AvgIpc) is 2.53. The van der Waals surface area contributed by atoms with Gasteiger partial charge in [0.25, 0.3) is 5.91 Å². The number of piperazine rings is 1. The van der Waals surface area contributed by atoms with Crippen molar-refractivity contribution < 1.29 is 19.5 Å². The number of carbonyl (C=O) groups is 3. The van der Waals surface area contributed by atoms with Crippen molar-refractivity contribution >= 4 is 17.8 Å². The first-order valence-corrected chi connectivity index (χ1v) is 8.35. The van der Waals surface area contributed by atoms with Crippen LogP contribution in [0.15, 0.2) is 24.3 Å². The Kier molecular flexibility index (Phi) is 4.55. The van der Waals surface area contributed by atoms with Crippen LogP contribution in [0.4, 0.5) is 0 Å². The highest BCUT2D eigenvalue weighted by Gasteiger charge is 2.43. The van der Waals surface area contributed by atoms with Crippen LogP contribution in [0.1, 0.15) is 28.8 Å². The van der Waals surface area contributed by atoms with E-state index in [1.165, 1.54) is 0 Å². The molecule has 1 saturated carbocycles. The normalized spacial score (nSPS) is 23.5. The fourth-order valence-electron chi connectivity index (χ4n) is 3.33. The van der Waals surface area contributed by atoms with Crippen LogP contribution in [0.2, 0.25) is 0 Å². The zero-order valence-corrected chi connectivity index (χ0v) is 13.8. The minimum absolute atomic E-state index is 0.0193. The largest absolute Gasteiger partial charge is 0.481 e. The first-order valence-electron chi connectivity index (χ1n) is 8.35. The number of hydrogen-bond donors (Lipinski definition) is 1. The number of hydrogen-bond acceptors (Lipinski definition) is 3. The van der Waals surface area contributed by atoms with Gasteiger partial charge >= 0.3 is 5.97 Å². The minimum Gasteiger partial charge on any atom is -0.481 e. The summed E-state index contributed by atoms with van der Waals surface area (Å²) in [5.74, 6) is -1.90. The standard InChI is InChI=1S/C18H22N2O4/c1-12-2-4-13(5-3-12)16(21)19-8-10-20(11-9-19)17(22)14-6-7-15(14)18(23)24/h2-5,14-15H,6-11H2,1H3,(H,23,24). The molecule has 2 amide bonds. The van der Waals surface area contributed by atoms with E-state index in [1.54, 1.807) is 9.80 Å². The minimum atomic E-state index is -0.882. The van der Waals surface area contributed by atoms with Gasteiger partial charge in [0.15, 0.2) is 0 Å². The van der Waals surface area contributed by atoms with Gasteiger partial charge < -0.3 is 14.9 Å². The summed E-state index contributed by atoms with van der Waals surface area (Å²) in [5.41, 5.74) is 1.76. The maximum Gasteiger partial charge on any atom is 0.307 e. The van der Waals surface area contributed by atoms with Crippen molar-refractivity contribution in [2.75, 3.05) is 26.2 Å². The molecule has 128 valence electrons. The van der Waals surface area contributed by atoms with Gasteiger partial charge in [-0.1, -0.05) is 17.7 Å². The number of carboxylic acid groups (broad SMARTS) is 1. The van der Waals surface area contributed by atoms with E-state index in [0.717, 1.165) is 5.56 Å². The third kappa shape index (κ3) is 3.13. The zero-order valence-electron chi connectivity index (χ0n) is 13.8. The van der Waals surface area contributed by atoms with Gasteiger partial charge in [-0.15, -0.1) is 0 Å². The first-order chi connectivity index (χ1) is 11.5. The van der Waals surface area contributed by atoms with E-state index in [-0.39, 0.29) is 17.7 Å². The van der Waals surface area contributed by atoms with Crippen molar-refractivity contribution in [2.24, 2.45) is 11.8 Å². The monoisotopic (exact) mass is 330 g/mol. The number of carboxylic acids is 1. The van der Waals surface area contributed by atoms with Gasteiger partial charge in [-0.3, -0.25) is 14.4 Å². The second-order valence-electron chi connectivity index (χ2n) is 6.61. The van der Waals surface area contributed by atoms with Gasteiger partial charge in [-0.05, 0) is 31.9 Å². The third-order valence-corrected chi connectivity index (χ3v) is 5.09. The maximum atomic E-state index is 12.5. The molecule has 6 heteroatoms. The Hall–Kier alpha value is -2.37. The first kappa shape index (κ1) is 16.5. The lowest BCUT2D eigenvalue weighted by atomic mass is 9.73. The van der Waals surface area contributed by atoms with Gasteiger partial charge in [-0.25, -0.2) is 0 Å². The summed E-state index contributed by atoms with van der Waals surface area (Å²) in [5, 5.41) is 9.09. The predicted molar refractivity (Wildman–Crippen MR) is 87.5 cm³/mol. The van der Waals surface area contributed by atoms with Gasteiger partial charge in [0.1, 0.15) is 0 Å². The molecule has 1 saturated heterocycles. The maximum absolute atomic E-state index is 12.5. The van der Waals surface area contributed by atoms with E-state index in [9.17, 15) is 14.4 Å². The summed E-state index contributed by atoms with van der Waals surface area (Å²) < 4.78 is 0. The Morgan fingerprint density at radius 3 is 1.96 bits per heavy atom. The molecule has 1 aliphatic carbocycles. The Morgan fingerprint density at radius 1 is 0.917 bits per heavy atom. The highest BCUT2D eigenvalue weighted by atomic mass is 16.4. The molecule has 0 spiro atoms. The number of nitrogens with zero attached hydrogens (tertiary/aromatic N) is 2. The Balaban J connectivity index is 1.56. The topological polar surface area (TPSA) is 77.9 Å². The van der Waals surface area contributed by atoms with Crippen LogP contribution in [-0.2, 0) is 9.59 Å². The van der Waals surface area contributed by atoms with Crippen LogP contribution in [-0.4, -0.2) is 58.9 Å². The lowest BCUT2D eigenvalue weighted by Crippen LogP contribution is -2.54. The van der Waals surface area contributed by atoms with Gasteiger partial charge in [0.05, 0.1) is 11.8 Å². The number of aryl methyl sites for hydroxylation is 1. The van der Waals surface area contributed by atoms with Crippen LogP contribution < -0.4 is 0 Å². The number of benzene rings is 1. The van der Waals surface area contributed by atoms with Crippen LogP contribution in [0.3, 0.4) is 0 Å². The SMILES string of the molecule is Cc1ccc(C(=O)N2CCN(C(=O)C3CCC3C(=O)O)CC2)cc1. The smallest absolute Gasteiger partial charge is 0.307 e. The van der Waals surface area contributed by atoms with E-state index >= 15 is 0 Å². The number of amides is 2. The van der Waals surface area contributed by atoms with Crippen LogP contribution in [0.5, 0.6) is 0 Å². The molecule has 0 radical (unpaired) electrons. The molecule has 1 aromatic carbocycles. The molecule has 1 N–H and O–H groups in total. The Bertz CT molecular complexity index is 647. The molecular formula is C18H22N2O4. The van der Waals surface area contributed by atoms with Crippen molar-refractivity contribution in [3.8, 4) is 0 Å². The average molecular weight is 330 g/mol. The summed E-state index contributed by atoms with van der Waals surface area (Å²) in [4.78, 5) is 39.5. The second kappa shape index (κ2) is 6.63. The van der Waals surface area contributed by atoms with Crippen molar-refractivity contribution in [1.29, 1.82) is 0 Å². The molecular weight excluding hydrogens is 308 g/mol. The van der Waals surface area contributed by atoms with Gasteiger partial charge in [0, 0.05) is 31.7 Å². The molecule has 0 aromatic heterocycles. The van der Waals surface area contributed by atoms with Crippen LogP contribution >= 0.6 is 0 Å². The molecule has 1 aliphatic heterocycles. The fourth-order valence-corrected chi connectivity index (χ4v) is 3.33. The highest BCUT2D eigenvalue weighted by molar-refractivity contribution is 5.94. The Morgan fingerprint density at radius 2 is 1.46 bits per heavy atom. The molecule has 6 nitrogen and oxygen atoms in total. The van der Waals surface area contributed by atoms with E-state index in [1.807, 2.05) is 31.2 Å². The van der Waals surface area contributed by atoms with Crippen LogP contribution in [0, 0.1) is 18.8 Å². The summed E-state index contributed by atoms with van der Waals surface area (Å²) in [6, 6.07) is 7.47. The zero-order chi connectivity index (χ0) is 17.3. The summed E-state index contributed by atoms with van der Waals surface area (Å²) in [6.45, 7) is 3.90. The quantitative estimate of drug-likeness (QED) is 0.908. The van der Waals surface area contributed by atoms with Gasteiger partial charge in [0.2, 0.25) is 5.91 Å². The van der Waals surface area contributed by atoms with Crippen LogP contribution in [0.25, 0.3) is 0 Å². The van der Waals surface area contributed by atoms with Crippen molar-refractivity contribution in [3.63, 3.8) is 0 Å². The predicted octanol–water partition coefficient (Wildman–Crippen LogP) is 1.39. The Labute approximate surface area is 141 Å².